The molecule has 4 nitrogen and oxygen atoms in total. The van der Waals surface area contributed by atoms with Crippen molar-refractivity contribution < 1.29 is 4.42 Å². The first-order valence-corrected chi connectivity index (χ1v) is 8.90. The van der Waals surface area contributed by atoms with Gasteiger partial charge in [0.25, 0.3) is 0 Å². The van der Waals surface area contributed by atoms with Crippen molar-refractivity contribution in [1.29, 1.82) is 0 Å². The van der Waals surface area contributed by atoms with Gasteiger partial charge in [-0.05, 0) is 62.1 Å². The lowest BCUT2D eigenvalue weighted by molar-refractivity contribution is 0.410. The van der Waals surface area contributed by atoms with Crippen molar-refractivity contribution >= 4 is 11.3 Å². The fourth-order valence-electron chi connectivity index (χ4n) is 3.08. The molecule has 0 amide bonds. The molecule has 4 rings (SSSR count). The van der Waals surface area contributed by atoms with E-state index in [2.05, 4.69) is 27.0 Å². The van der Waals surface area contributed by atoms with Gasteiger partial charge in [-0.3, -0.25) is 0 Å². The SMILES string of the molecule is c1cc2c(s1)CCCC2c1nnc(CCCNC2CC2)o1. The molecule has 0 aliphatic heterocycles. The Labute approximate surface area is 129 Å². The molecule has 1 atom stereocenters. The van der Waals surface area contributed by atoms with Gasteiger partial charge in [-0.2, -0.15) is 0 Å². The molecule has 21 heavy (non-hydrogen) atoms. The Kier molecular flexibility index (Phi) is 3.78. The van der Waals surface area contributed by atoms with Crippen LogP contribution in [0.25, 0.3) is 0 Å². The summed E-state index contributed by atoms with van der Waals surface area (Å²) in [5.74, 6) is 1.94. The highest BCUT2D eigenvalue weighted by Gasteiger charge is 2.27. The van der Waals surface area contributed by atoms with Crippen molar-refractivity contribution in [1.82, 2.24) is 15.5 Å². The minimum Gasteiger partial charge on any atom is -0.425 e. The lowest BCUT2D eigenvalue weighted by Crippen LogP contribution is -2.17. The lowest BCUT2D eigenvalue weighted by Gasteiger charge is -2.18. The Morgan fingerprint density at radius 2 is 2.24 bits per heavy atom. The summed E-state index contributed by atoms with van der Waals surface area (Å²) in [6.45, 7) is 1.06. The summed E-state index contributed by atoms with van der Waals surface area (Å²) >= 11 is 1.86. The van der Waals surface area contributed by atoms with Crippen LogP contribution in [-0.2, 0) is 12.8 Å². The van der Waals surface area contributed by atoms with Gasteiger partial charge in [-0.25, -0.2) is 0 Å². The van der Waals surface area contributed by atoms with Crippen molar-refractivity contribution in [3.8, 4) is 0 Å². The number of rotatable bonds is 6. The molecule has 0 radical (unpaired) electrons. The summed E-state index contributed by atoms with van der Waals surface area (Å²) in [4.78, 5) is 1.50. The minimum absolute atomic E-state index is 0.325. The third-order valence-corrected chi connectivity index (χ3v) is 5.41. The number of aryl methyl sites for hydroxylation is 2. The van der Waals surface area contributed by atoms with Gasteiger partial charge in [-0.1, -0.05) is 0 Å². The molecule has 1 N–H and O–H groups in total. The van der Waals surface area contributed by atoms with Crippen molar-refractivity contribution in [3.05, 3.63) is 33.7 Å². The standard InChI is InChI=1S/C16H21N3OS/c1-3-13(12-8-10-21-14(12)4-1)16-19-18-15(20-16)5-2-9-17-11-6-7-11/h8,10-11,13,17H,1-7,9H2. The Morgan fingerprint density at radius 1 is 1.29 bits per heavy atom. The Hall–Kier alpha value is -1.20. The van der Waals surface area contributed by atoms with E-state index in [-0.39, 0.29) is 0 Å². The molecular formula is C16H21N3OS. The van der Waals surface area contributed by atoms with Crippen LogP contribution in [0.1, 0.15) is 60.2 Å². The van der Waals surface area contributed by atoms with Crippen molar-refractivity contribution in [2.24, 2.45) is 0 Å². The van der Waals surface area contributed by atoms with E-state index in [0.717, 1.165) is 43.6 Å². The van der Waals surface area contributed by atoms with Gasteiger partial charge in [0.2, 0.25) is 11.8 Å². The third-order valence-electron chi connectivity index (χ3n) is 4.41. The molecule has 2 heterocycles. The molecule has 0 bridgehead atoms. The average Bonchev–Trinajstić information content (AvgIpc) is 3.02. The Bertz CT molecular complexity index is 602. The van der Waals surface area contributed by atoms with Gasteiger partial charge in [-0.15, -0.1) is 21.5 Å². The van der Waals surface area contributed by atoms with Gasteiger partial charge in [0.05, 0.1) is 5.92 Å². The normalized spacial score (nSPS) is 21.4. The van der Waals surface area contributed by atoms with Gasteiger partial charge in [0.15, 0.2) is 0 Å². The molecule has 0 aromatic carbocycles. The highest BCUT2D eigenvalue weighted by Crippen LogP contribution is 2.38. The molecule has 0 saturated heterocycles. The third kappa shape index (κ3) is 3.04. The van der Waals surface area contributed by atoms with Crippen molar-refractivity contribution in [2.75, 3.05) is 6.54 Å². The lowest BCUT2D eigenvalue weighted by atomic mass is 9.88. The maximum atomic E-state index is 5.93. The second-order valence-corrected chi connectivity index (χ2v) is 7.11. The van der Waals surface area contributed by atoms with E-state index >= 15 is 0 Å². The van der Waals surface area contributed by atoms with Crippen molar-refractivity contribution in [2.45, 2.75) is 56.9 Å². The number of nitrogens with one attached hydrogen (secondary N) is 1. The van der Waals surface area contributed by atoms with Gasteiger partial charge in [0, 0.05) is 17.3 Å². The highest BCUT2D eigenvalue weighted by atomic mass is 32.1. The first kappa shape index (κ1) is 13.5. The van der Waals surface area contributed by atoms with Crippen LogP contribution in [0.4, 0.5) is 0 Å². The van der Waals surface area contributed by atoms with Crippen LogP contribution < -0.4 is 5.32 Å². The zero-order valence-corrected chi connectivity index (χ0v) is 13.0. The largest absolute Gasteiger partial charge is 0.425 e. The molecule has 2 aromatic heterocycles. The van der Waals surface area contributed by atoms with E-state index in [1.165, 1.54) is 36.1 Å². The van der Waals surface area contributed by atoms with Gasteiger partial charge < -0.3 is 9.73 Å². The Morgan fingerprint density at radius 3 is 3.14 bits per heavy atom. The zero-order chi connectivity index (χ0) is 14.1. The summed E-state index contributed by atoms with van der Waals surface area (Å²) in [5, 5.41) is 14.3. The predicted octanol–water partition coefficient (Wildman–Crippen LogP) is 3.28. The molecular weight excluding hydrogens is 282 g/mol. The smallest absolute Gasteiger partial charge is 0.224 e. The first-order chi connectivity index (χ1) is 10.4. The van der Waals surface area contributed by atoms with Crippen LogP contribution in [-0.4, -0.2) is 22.8 Å². The van der Waals surface area contributed by atoms with E-state index < -0.39 is 0 Å². The van der Waals surface area contributed by atoms with Gasteiger partial charge >= 0.3 is 0 Å². The number of hydrogen-bond donors (Lipinski definition) is 1. The molecule has 112 valence electrons. The number of hydrogen-bond acceptors (Lipinski definition) is 5. The molecule has 5 heteroatoms. The first-order valence-electron chi connectivity index (χ1n) is 8.02. The van der Waals surface area contributed by atoms with Crippen LogP contribution >= 0.6 is 11.3 Å². The average molecular weight is 303 g/mol. The van der Waals surface area contributed by atoms with Crippen LogP contribution in [0.5, 0.6) is 0 Å². The summed E-state index contributed by atoms with van der Waals surface area (Å²) < 4.78 is 5.93. The maximum Gasteiger partial charge on any atom is 0.224 e. The van der Waals surface area contributed by atoms with Crippen molar-refractivity contribution in [3.63, 3.8) is 0 Å². The number of nitrogens with zero attached hydrogens (tertiary/aromatic N) is 2. The molecule has 2 aromatic rings. The highest BCUT2D eigenvalue weighted by molar-refractivity contribution is 7.10. The minimum atomic E-state index is 0.325. The Balaban J connectivity index is 1.38. The molecule has 2 aliphatic rings. The van der Waals surface area contributed by atoms with E-state index in [4.69, 9.17) is 4.42 Å². The second-order valence-electron chi connectivity index (χ2n) is 6.11. The summed E-state index contributed by atoms with van der Waals surface area (Å²) in [7, 11) is 0. The summed E-state index contributed by atoms with van der Waals surface area (Å²) in [6, 6.07) is 3.01. The zero-order valence-electron chi connectivity index (χ0n) is 12.2. The van der Waals surface area contributed by atoms with E-state index in [0.29, 0.717) is 5.92 Å². The van der Waals surface area contributed by atoms with Gasteiger partial charge in [0.1, 0.15) is 0 Å². The molecule has 1 unspecified atom stereocenters. The van der Waals surface area contributed by atoms with Crippen LogP contribution in [0.15, 0.2) is 15.9 Å². The molecule has 1 fully saturated rings. The quantitative estimate of drug-likeness (QED) is 0.832. The predicted molar refractivity (Wildman–Crippen MR) is 82.7 cm³/mol. The van der Waals surface area contributed by atoms with E-state index in [1.54, 1.807) is 0 Å². The van der Waals surface area contributed by atoms with Crippen LogP contribution in [0.3, 0.4) is 0 Å². The van der Waals surface area contributed by atoms with Crippen LogP contribution in [0.2, 0.25) is 0 Å². The van der Waals surface area contributed by atoms with Crippen LogP contribution in [0, 0.1) is 0 Å². The maximum absolute atomic E-state index is 5.93. The number of thiophene rings is 1. The fourth-order valence-corrected chi connectivity index (χ4v) is 4.07. The molecule has 0 spiro atoms. The summed E-state index contributed by atoms with van der Waals surface area (Å²) in [5.41, 5.74) is 1.41. The second kappa shape index (κ2) is 5.89. The summed E-state index contributed by atoms with van der Waals surface area (Å²) in [6.07, 6.45) is 8.21. The molecule has 1 saturated carbocycles. The topological polar surface area (TPSA) is 51.0 Å². The monoisotopic (exact) mass is 303 g/mol. The number of aromatic nitrogens is 2. The molecule has 2 aliphatic carbocycles. The fraction of sp³-hybridized carbons (Fsp3) is 0.625. The number of fused-ring (bicyclic) bond motifs is 1. The van der Waals surface area contributed by atoms with E-state index in [9.17, 15) is 0 Å². The van der Waals surface area contributed by atoms with E-state index in [1.807, 2.05) is 11.3 Å².